The van der Waals surface area contributed by atoms with E-state index in [9.17, 15) is 4.79 Å². The number of carbonyl (C=O) groups excluding carboxylic acids is 1. The van der Waals surface area contributed by atoms with E-state index in [4.69, 9.17) is 7.85 Å². The van der Waals surface area contributed by atoms with Gasteiger partial charge >= 0.3 is 5.97 Å². The topological polar surface area (TPSA) is 39.2 Å². The van der Waals surface area contributed by atoms with Crippen molar-refractivity contribution < 1.29 is 9.53 Å². The molecule has 11 heavy (non-hydrogen) atoms. The molecular weight excluding hydrogens is 229 g/mol. The van der Waals surface area contributed by atoms with Gasteiger partial charge in [0.25, 0.3) is 0 Å². The summed E-state index contributed by atoms with van der Waals surface area (Å²) in [5, 5.41) is 0. The van der Waals surface area contributed by atoms with Crippen molar-refractivity contribution in [2.45, 2.75) is 0 Å². The highest BCUT2D eigenvalue weighted by Gasteiger charge is 2.13. The van der Waals surface area contributed by atoms with Crippen LogP contribution in [0.4, 0.5) is 0 Å². The third-order valence-corrected chi connectivity index (χ3v) is 2.50. The molecule has 56 valence electrons. The first-order valence-electron chi connectivity index (χ1n) is 2.65. The number of hydrogen-bond acceptors (Lipinski definition) is 4. The predicted octanol–water partition coefficient (Wildman–Crippen LogP) is 0.486. The molecule has 0 saturated carbocycles. The lowest BCUT2D eigenvalue weighted by atomic mass is 10.0. The number of hydrogen-bond donors (Lipinski definition) is 0. The largest absolute Gasteiger partial charge is 0.465 e. The molecule has 0 amide bonds. The lowest BCUT2D eigenvalue weighted by Gasteiger charge is -1.93. The molecule has 0 saturated heterocycles. The van der Waals surface area contributed by atoms with Gasteiger partial charge in [0, 0.05) is 5.59 Å². The van der Waals surface area contributed by atoms with Crippen LogP contribution in [0, 0.1) is 0 Å². The lowest BCUT2D eigenvalue weighted by Crippen LogP contribution is -2.14. The van der Waals surface area contributed by atoms with E-state index in [0.29, 0.717) is 8.79 Å². The maximum atomic E-state index is 10.9. The molecule has 1 rings (SSSR count). The molecule has 0 fully saturated rings. The minimum absolute atomic E-state index is 0.203. The second kappa shape index (κ2) is 3.36. The van der Waals surface area contributed by atoms with Gasteiger partial charge in [0.05, 0.1) is 7.11 Å². The number of carbonyl (C=O) groups is 1. The van der Waals surface area contributed by atoms with Gasteiger partial charge in [0.2, 0.25) is 0 Å². The van der Waals surface area contributed by atoms with Crippen LogP contribution < -0.4 is 5.59 Å². The SMILES string of the molecule is [B]c1nc(Br)sc1C(=O)OC. The monoisotopic (exact) mass is 231 g/mol. The minimum atomic E-state index is -0.453. The molecule has 0 aliphatic rings. The minimum Gasteiger partial charge on any atom is -0.465 e. The van der Waals surface area contributed by atoms with Crippen molar-refractivity contribution in [1.82, 2.24) is 4.98 Å². The zero-order valence-electron chi connectivity index (χ0n) is 5.63. The van der Waals surface area contributed by atoms with Crippen LogP contribution in [0.25, 0.3) is 0 Å². The molecule has 3 nitrogen and oxygen atoms in total. The van der Waals surface area contributed by atoms with Gasteiger partial charge < -0.3 is 4.74 Å². The van der Waals surface area contributed by atoms with Crippen LogP contribution in [0.15, 0.2) is 3.92 Å². The van der Waals surface area contributed by atoms with Gasteiger partial charge in [0.1, 0.15) is 12.7 Å². The Balaban J connectivity index is 3.03. The van der Waals surface area contributed by atoms with E-state index in [1.165, 1.54) is 7.11 Å². The number of halogens is 1. The van der Waals surface area contributed by atoms with Gasteiger partial charge in [-0.15, -0.1) is 11.3 Å². The standard InChI is InChI=1S/C5H3BBrNO2S/c1-10-4(9)2-3(6)8-5(7)11-2/h1H3. The summed E-state index contributed by atoms with van der Waals surface area (Å²) in [6, 6.07) is 0. The smallest absolute Gasteiger partial charge is 0.349 e. The number of nitrogens with zero attached hydrogens (tertiary/aromatic N) is 1. The van der Waals surface area contributed by atoms with E-state index in [2.05, 4.69) is 25.7 Å². The van der Waals surface area contributed by atoms with E-state index in [1.54, 1.807) is 0 Å². The Morgan fingerprint density at radius 3 is 2.82 bits per heavy atom. The molecule has 0 aliphatic heterocycles. The third-order valence-electron chi connectivity index (χ3n) is 0.998. The molecule has 0 aromatic carbocycles. The Morgan fingerprint density at radius 2 is 2.45 bits per heavy atom. The summed E-state index contributed by atoms with van der Waals surface area (Å²) in [5.74, 6) is -0.453. The number of aromatic nitrogens is 1. The zero-order chi connectivity index (χ0) is 8.43. The average Bonchev–Trinajstić information content (AvgIpc) is 2.28. The number of methoxy groups -OCH3 is 1. The van der Waals surface area contributed by atoms with Crippen LogP contribution >= 0.6 is 27.3 Å². The van der Waals surface area contributed by atoms with Gasteiger partial charge in [-0.2, -0.15) is 0 Å². The predicted molar refractivity (Wildman–Crippen MR) is 46.5 cm³/mol. The quantitative estimate of drug-likeness (QED) is 0.522. The van der Waals surface area contributed by atoms with Gasteiger partial charge in [-0.3, -0.25) is 0 Å². The summed E-state index contributed by atoms with van der Waals surface area (Å²) in [5.41, 5.74) is 0.203. The number of esters is 1. The highest BCUT2D eigenvalue weighted by atomic mass is 79.9. The summed E-state index contributed by atoms with van der Waals surface area (Å²) in [6.07, 6.45) is 0. The molecule has 6 heteroatoms. The number of ether oxygens (including phenoxy) is 1. The highest BCUT2D eigenvalue weighted by molar-refractivity contribution is 9.11. The van der Waals surface area contributed by atoms with Crippen molar-refractivity contribution in [1.29, 1.82) is 0 Å². The summed E-state index contributed by atoms with van der Waals surface area (Å²) >= 11 is 4.25. The van der Waals surface area contributed by atoms with Crippen LogP contribution in [0.3, 0.4) is 0 Å². The molecule has 0 atom stereocenters. The average molecular weight is 232 g/mol. The van der Waals surface area contributed by atoms with Crippen LogP contribution in [0.5, 0.6) is 0 Å². The Morgan fingerprint density at radius 1 is 1.82 bits per heavy atom. The fraction of sp³-hybridized carbons (Fsp3) is 0.200. The van der Waals surface area contributed by atoms with Gasteiger partial charge in [-0.05, 0) is 15.9 Å². The van der Waals surface area contributed by atoms with Crippen molar-refractivity contribution in [3.63, 3.8) is 0 Å². The number of rotatable bonds is 1. The summed E-state index contributed by atoms with van der Waals surface area (Å²) < 4.78 is 5.04. The fourth-order valence-electron chi connectivity index (χ4n) is 0.544. The lowest BCUT2D eigenvalue weighted by molar-refractivity contribution is 0.0607. The molecule has 0 bridgehead atoms. The third kappa shape index (κ3) is 1.81. The molecule has 1 aromatic heterocycles. The maximum Gasteiger partial charge on any atom is 0.349 e. The molecule has 0 aliphatic carbocycles. The highest BCUT2D eigenvalue weighted by Crippen LogP contribution is 2.16. The van der Waals surface area contributed by atoms with Crippen LogP contribution in [-0.4, -0.2) is 25.9 Å². The van der Waals surface area contributed by atoms with Crippen molar-refractivity contribution in [2.24, 2.45) is 0 Å². The molecular formula is C5H3BBrNO2S. The molecule has 0 spiro atoms. The second-order valence-electron chi connectivity index (χ2n) is 1.67. The molecule has 1 aromatic rings. The fourth-order valence-corrected chi connectivity index (χ4v) is 1.85. The van der Waals surface area contributed by atoms with Crippen molar-refractivity contribution >= 4 is 46.7 Å². The van der Waals surface area contributed by atoms with Crippen molar-refractivity contribution in [3.05, 3.63) is 8.79 Å². The van der Waals surface area contributed by atoms with Gasteiger partial charge in [-0.25, -0.2) is 9.78 Å². The maximum absolute atomic E-state index is 10.9. The Labute approximate surface area is 77.3 Å². The zero-order valence-corrected chi connectivity index (χ0v) is 8.03. The van der Waals surface area contributed by atoms with Gasteiger partial charge in [0.15, 0.2) is 3.92 Å². The normalized spacial score (nSPS) is 9.64. The van der Waals surface area contributed by atoms with E-state index >= 15 is 0 Å². The second-order valence-corrected chi connectivity index (χ2v) is 3.95. The molecule has 0 unspecified atom stereocenters. The van der Waals surface area contributed by atoms with Crippen molar-refractivity contribution in [3.8, 4) is 0 Å². The molecule has 0 N–H and O–H groups in total. The summed E-state index contributed by atoms with van der Waals surface area (Å²) in [4.78, 5) is 15.0. The first-order valence-corrected chi connectivity index (χ1v) is 4.26. The van der Waals surface area contributed by atoms with Gasteiger partial charge in [-0.1, -0.05) is 0 Å². The van der Waals surface area contributed by atoms with Crippen LogP contribution in [0.2, 0.25) is 0 Å². The van der Waals surface area contributed by atoms with E-state index in [-0.39, 0.29) is 5.59 Å². The summed E-state index contributed by atoms with van der Waals surface area (Å²) in [7, 11) is 6.69. The Kier molecular flexibility index (Phi) is 2.67. The first kappa shape index (κ1) is 8.74. The van der Waals surface area contributed by atoms with Crippen molar-refractivity contribution in [2.75, 3.05) is 7.11 Å². The first-order chi connectivity index (χ1) is 5.15. The summed E-state index contributed by atoms with van der Waals surface area (Å²) in [6.45, 7) is 0. The van der Waals surface area contributed by atoms with E-state index < -0.39 is 5.97 Å². The van der Waals surface area contributed by atoms with Crippen LogP contribution in [0.1, 0.15) is 9.67 Å². The number of thiazole rings is 1. The van der Waals surface area contributed by atoms with E-state index in [1.807, 2.05) is 0 Å². The van der Waals surface area contributed by atoms with Crippen LogP contribution in [-0.2, 0) is 4.74 Å². The Bertz CT molecular complexity index is 288. The molecule has 1 heterocycles. The molecule has 2 radical (unpaired) electrons. The van der Waals surface area contributed by atoms with E-state index in [0.717, 1.165) is 11.3 Å². The Hall–Kier alpha value is -0.355.